The van der Waals surface area contributed by atoms with E-state index in [0.29, 0.717) is 5.92 Å². The van der Waals surface area contributed by atoms with Crippen LogP contribution in [-0.4, -0.2) is 41.3 Å². The standard InChI is InChI=1S/C16H25N3O/c1-20-10-14-8-18(6-12-2-3-12)9-15-16(14)19(11-17-15)7-13-4-5-13/h11-14H,2-10H2,1H3/t14-/m1/s1. The third-order valence-electron chi connectivity index (χ3n) is 4.93. The second-order valence-corrected chi connectivity index (χ2v) is 6.96. The van der Waals surface area contributed by atoms with Crippen LogP contribution in [0.1, 0.15) is 43.0 Å². The second kappa shape index (κ2) is 5.15. The van der Waals surface area contributed by atoms with E-state index in [0.717, 1.165) is 31.5 Å². The van der Waals surface area contributed by atoms with E-state index in [4.69, 9.17) is 9.72 Å². The number of imidazole rings is 1. The number of aromatic nitrogens is 2. The Morgan fingerprint density at radius 2 is 1.95 bits per heavy atom. The maximum Gasteiger partial charge on any atom is 0.0952 e. The van der Waals surface area contributed by atoms with Crippen LogP contribution in [0.25, 0.3) is 0 Å². The Kier molecular flexibility index (Phi) is 3.31. The zero-order valence-electron chi connectivity index (χ0n) is 12.4. The van der Waals surface area contributed by atoms with Gasteiger partial charge in [0.25, 0.3) is 0 Å². The van der Waals surface area contributed by atoms with Gasteiger partial charge in [-0.05, 0) is 37.5 Å². The Balaban J connectivity index is 1.55. The molecule has 20 heavy (non-hydrogen) atoms. The van der Waals surface area contributed by atoms with Crippen molar-refractivity contribution in [2.24, 2.45) is 11.8 Å². The van der Waals surface area contributed by atoms with Crippen molar-refractivity contribution in [3.05, 3.63) is 17.7 Å². The maximum atomic E-state index is 5.48. The van der Waals surface area contributed by atoms with Crippen LogP contribution in [0.5, 0.6) is 0 Å². The van der Waals surface area contributed by atoms with Gasteiger partial charge < -0.3 is 9.30 Å². The lowest BCUT2D eigenvalue weighted by atomic mass is 9.98. The molecule has 2 fully saturated rings. The first-order chi connectivity index (χ1) is 9.83. The summed E-state index contributed by atoms with van der Waals surface area (Å²) in [7, 11) is 1.82. The number of rotatable bonds is 6. The molecule has 4 heteroatoms. The monoisotopic (exact) mass is 275 g/mol. The fraction of sp³-hybridized carbons (Fsp3) is 0.812. The molecule has 0 bridgehead atoms. The first-order valence-electron chi connectivity index (χ1n) is 8.08. The van der Waals surface area contributed by atoms with Gasteiger partial charge in [0.05, 0.1) is 18.6 Å². The lowest BCUT2D eigenvalue weighted by molar-refractivity contribution is 0.132. The lowest BCUT2D eigenvalue weighted by Gasteiger charge is -2.33. The van der Waals surface area contributed by atoms with Gasteiger partial charge in [0, 0.05) is 44.9 Å². The molecule has 2 saturated carbocycles. The van der Waals surface area contributed by atoms with Gasteiger partial charge in [0.1, 0.15) is 0 Å². The Bertz CT molecular complexity index is 476. The second-order valence-electron chi connectivity index (χ2n) is 6.96. The molecule has 110 valence electrons. The van der Waals surface area contributed by atoms with Gasteiger partial charge in [-0.2, -0.15) is 0 Å². The number of nitrogens with zero attached hydrogens (tertiary/aromatic N) is 3. The Morgan fingerprint density at radius 1 is 1.20 bits per heavy atom. The quantitative estimate of drug-likeness (QED) is 0.797. The zero-order valence-corrected chi connectivity index (χ0v) is 12.4. The molecule has 2 aliphatic carbocycles. The molecule has 0 N–H and O–H groups in total. The van der Waals surface area contributed by atoms with E-state index in [1.54, 1.807) is 0 Å². The fourth-order valence-electron chi connectivity index (χ4n) is 3.56. The third-order valence-corrected chi connectivity index (χ3v) is 4.93. The molecule has 1 aliphatic heterocycles. The SMILES string of the molecule is COC[C@H]1CN(CC2CC2)Cc2ncn(CC3CC3)c21. The summed E-state index contributed by atoms with van der Waals surface area (Å²) >= 11 is 0. The molecule has 3 aliphatic rings. The van der Waals surface area contributed by atoms with Gasteiger partial charge in [0.15, 0.2) is 0 Å². The van der Waals surface area contributed by atoms with Crippen LogP contribution in [-0.2, 0) is 17.8 Å². The van der Waals surface area contributed by atoms with Crippen LogP contribution >= 0.6 is 0 Å². The lowest BCUT2D eigenvalue weighted by Crippen LogP contribution is -2.37. The molecular formula is C16H25N3O. The Hall–Kier alpha value is -0.870. The van der Waals surface area contributed by atoms with Crippen LogP contribution in [0, 0.1) is 11.8 Å². The molecule has 1 atom stereocenters. The molecule has 1 aromatic rings. The highest BCUT2D eigenvalue weighted by molar-refractivity contribution is 5.22. The predicted octanol–water partition coefficient (Wildman–Crippen LogP) is 2.25. The number of hydrogen-bond donors (Lipinski definition) is 0. The molecule has 4 rings (SSSR count). The number of hydrogen-bond acceptors (Lipinski definition) is 3. The van der Waals surface area contributed by atoms with Gasteiger partial charge in [-0.15, -0.1) is 0 Å². The Morgan fingerprint density at radius 3 is 2.65 bits per heavy atom. The molecule has 0 spiro atoms. The van der Waals surface area contributed by atoms with Crippen molar-refractivity contribution in [3.63, 3.8) is 0 Å². The van der Waals surface area contributed by atoms with Crippen molar-refractivity contribution < 1.29 is 4.74 Å². The minimum Gasteiger partial charge on any atom is -0.384 e. The summed E-state index contributed by atoms with van der Waals surface area (Å²) in [5.74, 6) is 2.36. The van der Waals surface area contributed by atoms with Crippen LogP contribution in [0.15, 0.2) is 6.33 Å². The first kappa shape index (κ1) is 12.8. The highest BCUT2D eigenvalue weighted by Crippen LogP contribution is 2.36. The molecule has 0 aromatic carbocycles. The molecule has 0 radical (unpaired) electrons. The van der Waals surface area contributed by atoms with Crippen molar-refractivity contribution in [1.82, 2.24) is 14.5 Å². The van der Waals surface area contributed by atoms with Crippen LogP contribution < -0.4 is 0 Å². The van der Waals surface area contributed by atoms with Gasteiger partial charge in [-0.3, -0.25) is 4.90 Å². The molecule has 0 amide bonds. The minimum atomic E-state index is 0.503. The average molecular weight is 275 g/mol. The third kappa shape index (κ3) is 2.63. The summed E-state index contributed by atoms with van der Waals surface area (Å²) in [6, 6.07) is 0. The van der Waals surface area contributed by atoms with Crippen LogP contribution in [0.2, 0.25) is 0 Å². The smallest absolute Gasteiger partial charge is 0.0952 e. The van der Waals surface area contributed by atoms with Crippen molar-refractivity contribution in [2.75, 3.05) is 26.8 Å². The fourth-order valence-corrected chi connectivity index (χ4v) is 3.56. The summed E-state index contributed by atoms with van der Waals surface area (Å²) in [5.41, 5.74) is 2.77. The molecular weight excluding hydrogens is 250 g/mol. The summed E-state index contributed by atoms with van der Waals surface area (Å²) < 4.78 is 7.91. The van der Waals surface area contributed by atoms with E-state index in [2.05, 4.69) is 15.8 Å². The van der Waals surface area contributed by atoms with Gasteiger partial charge in [0.2, 0.25) is 0 Å². The maximum absolute atomic E-state index is 5.48. The molecule has 4 nitrogen and oxygen atoms in total. The summed E-state index contributed by atoms with van der Waals surface area (Å²) in [4.78, 5) is 7.31. The van der Waals surface area contributed by atoms with Crippen molar-refractivity contribution in [2.45, 2.75) is 44.7 Å². The van der Waals surface area contributed by atoms with Crippen molar-refractivity contribution >= 4 is 0 Å². The zero-order chi connectivity index (χ0) is 13.5. The van der Waals surface area contributed by atoms with E-state index in [1.165, 1.54) is 50.2 Å². The number of fused-ring (bicyclic) bond motifs is 1. The number of ether oxygens (including phenoxy) is 1. The van der Waals surface area contributed by atoms with Crippen LogP contribution in [0.3, 0.4) is 0 Å². The van der Waals surface area contributed by atoms with Gasteiger partial charge in [-0.25, -0.2) is 4.98 Å². The summed E-state index contributed by atoms with van der Waals surface area (Å²) in [6.45, 7) is 5.45. The molecule has 2 heterocycles. The number of methoxy groups -OCH3 is 1. The topological polar surface area (TPSA) is 30.3 Å². The molecule has 1 aromatic heterocycles. The molecule has 0 saturated heterocycles. The van der Waals surface area contributed by atoms with E-state index in [-0.39, 0.29) is 0 Å². The van der Waals surface area contributed by atoms with E-state index >= 15 is 0 Å². The first-order valence-corrected chi connectivity index (χ1v) is 8.08. The summed E-state index contributed by atoms with van der Waals surface area (Å²) in [6.07, 6.45) is 7.72. The largest absolute Gasteiger partial charge is 0.384 e. The highest BCUT2D eigenvalue weighted by atomic mass is 16.5. The average Bonchev–Trinajstić information content (AvgIpc) is 3.32. The van der Waals surface area contributed by atoms with Crippen molar-refractivity contribution in [3.8, 4) is 0 Å². The van der Waals surface area contributed by atoms with Crippen molar-refractivity contribution in [1.29, 1.82) is 0 Å². The van der Waals surface area contributed by atoms with E-state index < -0.39 is 0 Å². The van der Waals surface area contributed by atoms with Gasteiger partial charge >= 0.3 is 0 Å². The normalized spacial score (nSPS) is 26.8. The van der Waals surface area contributed by atoms with E-state index in [1.807, 2.05) is 7.11 Å². The summed E-state index contributed by atoms with van der Waals surface area (Å²) in [5, 5.41) is 0. The predicted molar refractivity (Wildman–Crippen MR) is 77.6 cm³/mol. The van der Waals surface area contributed by atoms with Gasteiger partial charge in [-0.1, -0.05) is 0 Å². The Labute approximate surface area is 121 Å². The van der Waals surface area contributed by atoms with Crippen LogP contribution in [0.4, 0.5) is 0 Å². The minimum absolute atomic E-state index is 0.503. The van der Waals surface area contributed by atoms with E-state index in [9.17, 15) is 0 Å². The molecule has 0 unspecified atom stereocenters. The highest BCUT2D eigenvalue weighted by Gasteiger charge is 2.34.